The zero-order valence-corrected chi connectivity index (χ0v) is 10.6. The maximum atomic E-state index is 10.9. The Morgan fingerprint density at radius 3 is 2.74 bits per heavy atom. The average molecular weight is 257 g/mol. The number of nitrogens with two attached hydrogens (primary N) is 1. The highest BCUT2D eigenvalue weighted by molar-refractivity contribution is 5.87. The van der Waals surface area contributed by atoms with Gasteiger partial charge in [0, 0.05) is 5.69 Å². The number of carboxylic acid groups (broad SMARTS) is 1. The van der Waals surface area contributed by atoms with E-state index in [0.717, 1.165) is 17.7 Å². The Morgan fingerprint density at radius 1 is 1.32 bits per heavy atom. The zero-order chi connectivity index (χ0) is 13.8. The first-order valence-corrected chi connectivity index (χ1v) is 5.96. The van der Waals surface area contributed by atoms with E-state index in [0.29, 0.717) is 11.5 Å². The number of aromatic carboxylic acids is 1. The highest BCUT2D eigenvalue weighted by atomic mass is 16.4. The number of rotatable bonds is 4. The second kappa shape index (κ2) is 5.39. The number of benzene rings is 1. The smallest absolute Gasteiger partial charge is 0.354 e. The van der Waals surface area contributed by atoms with Crippen LogP contribution in [0.1, 0.15) is 23.0 Å². The van der Waals surface area contributed by atoms with Crippen LogP contribution >= 0.6 is 0 Å². The Hall–Kier alpha value is -2.56. The number of nitrogen functional groups attached to an aromatic ring is 1. The van der Waals surface area contributed by atoms with Crippen LogP contribution in [0.15, 0.2) is 36.4 Å². The molecule has 1 aromatic heterocycles. The van der Waals surface area contributed by atoms with Gasteiger partial charge in [-0.15, -0.1) is 0 Å². The average Bonchev–Trinajstić information content (AvgIpc) is 2.41. The largest absolute Gasteiger partial charge is 0.477 e. The maximum Gasteiger partial charge on any atom is 0.354 e. The SMILES string of the molecule is CCc1ccccc1Nc1nc(C(=O)O)ccc1N. The van der Waals surface area contributed by atoms with Crippen LogP contribution in [0, 0.1) is 0 Å². The molecule has 2 aromatic rings. The van der Waals surface area contributed by atoms with Crippen LogP contribution in [0.3, 0.4) is 0 Å². The highest BCUT2D eigenvalue weighted by Gasteiger charge is 2.09. The molecule has 5 nitrogen and oxygen atoms in total. The van der Waals surface area contributed by atoms with Crippen molar-refractivity contribution in [2.24, 2.45) is 0 Å². The lowest BCUT2D eigenvalue weighted by Crippen LogP contribution is -2.06. The highest BCUT2D eigenvalue weighted by Crippen LogP contribution is 2.24. The van der Waals surface area contributed by atoms with Crippen LogP contribution in [-0.4, -0.2) is 16.1 Å². The lowest BCUT2D eigenvalue weighted by Gasteiger charge is -2.12. The Balaban J connectivity index is 2.37. The number of nitrogens with one attached hydrogen (secondary N) is 1. The zero-order valence-electron chi connectivity index (χ0n) is 10.6. The van der Waals surface area contributed by atoms with Gasteiger partial charge in [-0.3, -0.25) is 0 Å². The van der Waals surface area contributed by atoms with E-state index in [1.165, 1.54) is 12.1 Å². The predicted octanol–water partition coefficient (Wildman–Crippen LogP) is 2.67. The summed E-state index contributed by atoms with van der Waals surface area (Å²) in [6.45, 7) is 2.05. The lowest BCUT2D eigenvalue weighted by atomic mass is 10.1. The predicted molar refractivity (Wildman–Crippen MR) is 74.7 cm³/mol. The third-order valence-corrected chi connectivity index (χ3v) is 2.80. The van der Waals surface area contributed by atoms with E-state index in [4.69, 9.17) is 10.8 Å². The quantitative estimate of drug-likeness (QED) is 0.783. The number of aryl methyl sites for hydroxylation is 1. The fourth-order valence-corrected chi connectivity index (χ4v) is 1.77. The molecule has 0 atom stereocenters. The van der Waals surface area contributed by atoms with Gasteiger partial charge in [0.2, 0.25) is 0 Å². The van der Waals surface area contributed by atoms with Gasteiger partial charge in [0.1, 0.15) is 0 Å². The van der Waals surface area contributed by atoms with Crippen molar-refractivity contribution in [3.05, 3.63) is 47.7 Å². The lowest BCUT2D eigenvalue weighted by molar-refractivity contribution is 0.0690. The van der Waals surface area contributed by atoms with Crippen molar-refractivity contribution in [1.82, 2.24) is 4.98 Å². The van der Waals surface area contributed by atoms with Crippen molar-refractivity contribution in [3.63, 3.8) is 0 Å². The molecule has 0 spiro atoms. The third-order valence-electron chi connectivity index (χ3n) is 2.80. The molecule has 0 saturated carbocycles. The molecule has 4 N–H and O–H groups in total. The van der Waals surface area contributed by atoms with Crippen LogP contribution in [0.5, 0.6) is 0 Å². The van der Waals surface area contributed by atoms with Gasteiger partial charge in [-0.25, -0.2) is 9.78 Å². The molecule has 98 valence electrons. The standard InChI is InChI=1S/C14H15N3O2/c1-2-9-5-3-4-6-11(9)16-13-10(15)7-8-12(17-13)14(18)19/h3-8H,2,15H2,1H3,(H,16,17)(H,18,19). The molecule has 0 amide bonds. The molecule has 0 fully saturated rings. The number of para-hydroxylation sites is 1. The topological polar surface area (TPSA) is 88.2 Å². The first kappa shape index (κ1) is 12.9. The fraction of sp³-hybridized carbons (Fsp3) is 0.143. The molecule has 2 rings (SSSR count). The second-order valence-corrected chi connectivity index (χ2v) is 4.08. The van der Waals surface area contributed by atoms with Crippen molar-refractivity contribution in [2.75, 3.05) is 11.1 Å². The molecule has 0 aliphatic heterocycles. The molecule has 0 bridgehead atoms. The summed E-state index contributed by atoms with van der Waals surface area (Å²) in [5, 5.41) is 12.0. The maximum absolute atomic E-state index is 10.9. The summed E-state index contributed by atoms with van der Waals surface area (Å²) in [5.41, 5.74) is 8.18. The second-order valence-electron chi connectivity index (χ2n) is 4.08. The minimum atomic E-state index is -1.08. The molecule has 1 aromatic carbocycles. The number of anilines is 3. The van der Waals surface area contributed by atoms with E-state index < -0.39 is 5.97 Å². The van der Waals surface area contributed by atoms with E-state index in [9.17, 15) is 4.79 Å². The number of hydrogen-bond donors (Lipinski definition) is 3. The van der Waals surface area contributed by atoms with Crippen molar-refractivity contribution in [1.29, 1.82) is 0 Å². The Bertz CT molecular complexity index is 611. The van der Waals surface area contributed by atoms with E-state index in [-0.39, 0.29) is 5.69 Å². The van der Waals surface area contributed by atoms with Gasteiger partial charge >= 0.3 is 5.97 Å². The molecular formula is C14H15N3O2. The molecule has 1 heterocycles. The van der Waals surface area contributed by atoms with E-state index in [1.54, 1.807) is 0 Å². The fourth-order valence-electron chi connectivity index (χ4n) is 1.77. The van der Waals surface area contributed by atoms with Gasteiger partial charge in [0.05, 0.1) is 5.69 Å². The first-order valence-electron chi connectivity index (χ1n) is 5.96. The minimum Gasteiger partial charge on any atom is -0.477 e. The number of nitrogens with zero attached hydrogens (tertiary/aromatic N) is 1. The van der Waals surface area contributed by atoms with Gasteiger partial charge in [-0.2, -0.15) is 0 Å². The Labute approximate surface area is 111 Å². The first-order chi connectivity index (χ1) is 9.11. The number of hydrogen-bond acceptors (Lipinski definition) is 4. The van der Waals surface area contributed by atoms with Crippen molar-refractivity contribution in [2.45, 2.75) is 13.3 Å². The summed E-state index contributed by atoms with van der Waals surface area (Å²) in [5.74, 6) is -0.715. The van der Waals surface area contributed by atoms with Gasteiger partial charge in [0.25, 0.3) is 0 Å². The Morgan fingerprint density at radius 2 is 2.05 bits per heavy atom. The summed E-state index contributed by atoms with van der Waals surface area (Å²) in [4.78, 5) is 14.9. The van der Waals surface area contributed by atoms with Crippen molar-refractivity contribution in [3.8, 4) is 0 Å². The van der Waals surface area contributed by atoms with Crippen molar-refractivity contribution >= 4 is 23.2 Å². The van der Waals surface area contributed by atoms with Gasteiger partial charge in [-0.1, -0.05) is 25.1 Å². The minimum absolute atomic E-state index is 0.0364. The van der Waals surface area contributed by atoms with Gasteiger partial charge in [-0.05, 0) is 30.2 Å². The van der Waals surface area contributed by atoms with Crippen LogP contribution in [0.2, 0.25) is 0 Å². The third kappa shape index (κ3) is 2.82. The normalized spacial score (nSPS) is 10.2. The van der Waals surface area contributed by atoms with E-state index in [1.807, 2.05) is 31.2 Å². The van der Waals surface area contributed by atoms with E-state index in [2.05, 4.69) is 10.3 Å². The Kier molecular flexibility index (Phi) is 3.66. The van der Waals surface area contributed by atoms with Crippen LogP contribution in [0.25, 0.3) is 0 Å². The van der Waals surface area contributed by atoms with E-state index >= 15 is 0 Å². The molecule has 0 aliphatic rings. The summed E-state index contributed by atoms with van der Waals surface area (Å²) >= 11 is 0. The van der Waals surface area contributed by atoms with Crippen LogP contribution in [-0.2, 0) is 6.42 Å². The number of pyridine rings is 1. The molecule has 0 radical (unpaired) electrons. The molecule has 5 heteroatoms. The number of carboxylic acids is 1. The molecule has 0 saturated heterocycles. The monoisotopic (exact) mass is 257 g/mol. The summed E-state index contributed by atoms with van der Waals surface area (Å²) < 4.78 is 0. The van der Waals surface area contributed by atoms with Gasteiger partial charge in [0.15, 0.2) is 11.5 Å². The van der Waals surface area contributed by atoms with Crippen LogP contribution in [0.4, 0.5) is 17.2 Å². The number of aromatic nitrogens is 1. The summed E-state index contributed by atoms with van der Waals surface area (Å²) in [7, 11) is 0. The summed E-state index contributed by atoms with van der Waals surface area (Å²) in [6.07, 6.45) is 0.863. The number of carbonyl (C=O) groups is 1. The van der Waals surface area contributed by atoms with Gasteiger partial charge < -0.3 is 16.2 Å². The van der Waals surface area contributed by atoms with Crippen LogP contribution < -0.4 is 11.1 Å². The molecular weight excluding hydrogens is 242 g/mol. The molecule has 0 aliphatic carbocycles. The summed E-state index contributed by atoms with van der Waals surface area (Å²) in [6, 6.07) is 10.7. The molecule has 0 unspecified atom stereocenters. The van der Waals surface area contributed by atoms with Crippen molar-refractivity contribution < 1.29 is 9.90 Å². The molecule has 19 heavy (non-hydrogen) atoms.